The molecule has 0 unspecified atom stereocenters. The molecule has 0 fully saturated rings. The first-order valence-electron chi connectivity index (χ1n) is 7.15. The zero-order valence-electron chi connectivity index (χ0n) is 13.5. The monoisotopic (exact) mass is 339 g/mol. The van der Waals surface area contributed by atoms with Crippen molar-refractivity contribution in [2.45, 2.75) is 31.7 Å². The van der Waals surface area contributed by atoms with Gasteiger partial charge in [0.2, 0.25) is 10.0 Å². The van der Waals surface area contributed by atoms with E-state index < -0.39 is 27.7 Å². The highest BCUT2D eigenvalue weighted by Gasteiger charge is 2.28. The number of sulfonamides is 1. The number of halogens is 2. The number of nitrogens with zero attached hydrogens (tertiary/aromatic N) is 1. The summed E-state index contributed by atoms with van der Waals surface area (Å²) in [6.07, 6.45) is 0. The quantitative estimate of drug-likeness (QED) is 0.845. The summed E-state index contributed by atoms with van der Waals surface area (Å²) in [5, 5.41) is 0. The fourth-order valence-electron chi connectivity index (χ4n) is 2.33. The molecule has 23 heavy (non-hydrogen) atoms. The molecule has 0 radical (unpaired) electrons. The first-order chi connectivity index (χ1) is 10.6. The number of hydrogen-bond acceptors (Lipinski definition) is 2. The van der Waals surface area contributed by atoms with Crippen molar-refractivity contribution in [3.8, 4) is 0 Å². The van der Waals surface area contributed by atoms with E-state index in [2.05, 4.69) is 0 Å². The minimum Gasteiger partial charge on any atom is -0.207 e. The van der Waals surface area contributed by atoms with Crippen molar-refractivity contribution in [2.75, 3.05) is 7.05 Å². The second-order valence-electron chi connectivity index (χ2n) is 5.64. The Hall–Kier alpha value is -1.79. The Labute approximate surface area is 135 Å². The van der Waals surface area contributed by atoms with E-state index >= 15 is 0 Å². The molecule has 6 heteroatoms. The van der Waals surface area contributed by atoms with Gasteiger partial charge in [-0.3, -0.25) is 0 Å². The smallest absolute Gasteiger partial charge is 0.207 e. The summed E-state index contributed by atoms with van der Waals surface area (Å²) in [5.74, 6) is -1.95. The molecular weight excluding hydrogens is 320 g/mol. The van der Waals surface area contributed by atoms with Crippen molar-refractivity contribution in [1.82, 2.24) is 4.31 Å². The van der Waals surface area contributed by atoms with Crippen LogP contribution in [-0.2, 0) is 10.0 Å². The zero-order valence-corrected chi connectivity index (χ0v) is 14.3. The highest BCUT2D eigenvalue weighted by molar-refractivity contribution is 7.89. The van der Waals surface area contributed by atoms with Crippen LogP contribution in [0.4, 0.5) is 8.78 Å². The van der Waals surface area contributed by atoms with Gasteiger partial charge in [-0.15, -0.1) is 0 Å². The predicted octanol–water partition coefficient (Wildman–Crippen LogP) is 3.96. The molecule has 124 valence electrons. The molecule has 0 aliphatic heterocycles. The van der Waals surface area contributed by atoms with Gasteiger partial charge in [-0.25, -0.2) is 17.2 Å². The summed E-state index contributed by atoms with van der Waals surface area (Å²) in [5.41, 5.74) is 1.86. The lowest BCUT2D eigenvalue weighted by Crippen LogP contribution is -2.30. The van der Waals surface area contributed by atoms with Crippen LogP contribution in [0.25, 0.3) is 0 Å². The van der Waals surface area contributed by atoms with Gasteiger partial charge in [0.05, 0.1) is 4.90 Å². The number of benzene rings is 2. The molecule has 0 amide bonds. The van der Waals surface area contributed by atoms with Crippen molar-refractivity contribution in [2.24, 2.45) is 0 Å². The summed E-state index contributed by atoms with van der Waals surface area (Å²) < 4.78 is 53.3. The maximum atomic E-state index is 13.4. The van der Waals surface area contributed by atoms with E-state index in [9.17, 15) is 17.2 Å². The molecule has 3 nitrogen and oxygen atoms in total. The average Bonchev–Trinajstić information content (AvgIpc) is 2.50. The third-order valence-corrected chi connectivity index (χ3v) is 6.04. The Morgan fingerprint density at radius 2 is 1.65 bits per heavy atom. The van der Waals surface area contributed by atoms with Gasteiger partial charge in [0.1, 0.15) is 0 Å². The van der Waals surface area contributed by atoms with Crippen LogP contribution in [0.5, 0.6) is 0 Å². The average molecular weight is 339 g/mol. The number of aryl methyl sites for hydroxylation is 2. The maximum Gasteiger partial charge on any atom is 0.243 e. The van der Waals surface area contributed by atoms with Crippen LogP contribution in [0.15, 0.2) is 41.3 Å². The first-order valence-corrected chi connectivity index (χ1v) is 8.59. The molecule has 0 heterocycles. The van der Waals surface area contributed by atoms with Gasteiger partial charge < -0.3 is 0 Å². The molecule has 0 aliphatic carbocycles. The Balaban J connectivity index is 2.43. The third kappa shape index (κ3) is 3.43. The third-order valence-electron chi connectivity index (χ3n) is 3.97. The highest BCUT2D eigenvalue weighted by Crippen LogP contribution is 2.28. The SMILES string of the molecule is Cc1ccc(C)c(S(=O)(=O)N(C)[C@@H](C)c2ccc(F)c(F)c2)c1. The fourth-order valence-corrected chi connectivity index (χ4v) is 3.99. The van der Waals surface area contributed by atoms with E-state index in [0.717, 1.165) is 17.7 Å². The molecule has 2 aromatic rings. The van der Waals surface area contributed by atoms with Crippen LogP contribution in [0.3, 0.4) is 0 Å². The zero-order chi connectivity index (χ0) is 17.4. The van der Waals surface area contributed by atoms with Gasteiger partial charge in [0.25, 0.3) is 0 Å². The van der Waals surface area contributed by atoms with E-state index in [1.165, 1.54) is 17.4 Å². The molecule has 2 rings (SSSR count). The summed E-state index contributed by atoms with van der Waals surface area (Å²) in [4.78, 5) is 0.217. The summed E-state index contributed by atoms with van der Waals surface area (Å²) in [6.45, 7) is 5.18. The van der Waals surface area contributed by atoms with Gasteiger partial charge in [-0.2, -0.15) is 4.31 Å². The van der Waals surface area contributed by atoms with Gasteiger partial charge in [0.15, 0.2) is 11.6 Å². The molecule has 1 atom stereocenters. The van der Waals surface area contributed by atoms with Crippen LogP contribution in [0.2, 0.25) is 0 Å². The van der Waals surface area contributed by atoms with Gasteiger partial charge in [-0.05, 0) is 55.7 Å². The van der Waals surface area contributed by atoms with Crippen molar-refractivity contribution in [1.29, 1.82) is 0 Å². The Kier molecular flexibility index (Phi) is 4.87. The minimum atomic E-state index is -3.75. The van der Waals surface area contributed by atoms with E-state index in [-0.39, 0.29) is 4.90 Å². The molecular formula is C17H19F2NO2S. The van der Waals surface area contributed by atoms with Crippen molar-refractivity contribution in [3.63, 3.8) is 0 Å². The summed E-state index contributed by atoms with van der Waals surface area (Å²) >= 11 is 0. The topological polar surface area (TPSA) is 37.4 Å². The molecule has 2 aromatic carbocycles. The summed E-state index contributed by atoms with van der Waals surface area (Å²) in [7, 11) is -2.31. The Bertz CT molecular complexity index is 834. The second kappa shape index (κ2) is 6.37. The van der Waals surface area contributed by atoms with Crippen molar-refractivity contribution < 1.29 is 17.2 Å². The molecule has 0 bridgehead atoms. The lowest BCUT2D eigenvalue weighted by atomic mass is 10.1. The van der Waals surface area contributed by atoms with E-state index in [1.807, 2.05) is 13.0 Å². The minimum absolute atomic E-state index is 0.217. The highest BCUT2D eigenvalue weighted by atomic mass is 32.2. The van der Waals surface area contributed by atoms with Crippen LogP contribution >= 0.6 is 0 Å². The van der Waals surface area contributed by atoms with Crippen molar-refractivity contribution >= 4 is 10.0 Å². The summed E-state index contributed by atoms with van der Waals surface area (Å²) in [6, 6.07) is 7.98. The molecule has 0 spiro atoms. The van der Waals surface area contributed by atoms with Crippen LogP contribution in [0.1, 0.15) is 29.7 Å². The predicted molar refractivity (Wildman–Crippen MR) is 85.6 cm³/mol. The van der Waals surface area contributed by atoms with E-state index in [1.54, 1.807) is 26.0 Å². The Morgan fingerprint density at radius 3 is 2.26 bits per heavy atom. The molecule has 0 N–H and O–H groups in total. The van der Waals surface area contributed by atoms with Crippen molar-refractivity contribution in [3.05, 3.63) is 64.7 Å². The van der Waals surface area contributed by atoms with Crippen LogP contribution in [0, 0.1) is 25.5 Å². The Morgan fingerprint density at radius 1 is 1.00 bits per heavy atom. The van der Waals surface area contributed by atoms with Gasteiger partial charge >= 0.3 is 0 Å². The number of hydrogen-bond donors (Lipinski definition) is 0. The van der Waals surface area contributed by atoms with Gasteiger partial charge in [-0.1, -0.05) is 18.2 Å². The van der Waals surface area contributed by atoms with Crippen LogP contribution in [-0.4, -0.2) is 19.8 Å². The molecule has 0 aliphatic rings. The lowest BCUT2D eigenvalue weighted by molar-refractivity contribution is 0.395. The molecule has 0 aromatic heterocycles. The largest absolute Gasteiger partial charge is 0.243 e. The number of rotatable bonds is 4. The van der Waals surface area contributed by atoms with E-state index in [4.69, 9.17) is 0 Å². The first kappa shape index (κ1) is 17.6. The fraction of sp³-hybridized carbons (Fsp3) is 0.294. The lowest BCUT2D eigenvalue weighted by Gasteiger charge is -2.25. The second-order valence-corrected chi connectivity index (χ2v) is 7.61. The van der Waals surface area contributed by atoms with Gasteiger partial charge in [0, 0.05) is 13.1 Å². The molecule has 0 saturated heterocycles. The maximum absolute atomic E-state index is 13.4. The molecule has 0 saturated carbocycles. The van der Waals surface area contributed by atoms with Crippen LogP contribution < -0.4 is 0 Å². The normalized spacial score (nSPS) is 13.3. The standard InChI is InChI=1S/C17H19F2NO2S/c1-11-5-6-12(2)17(9-11)23(21,22)20(4)13(3)14-7-8-15(18)16(19)10-14/h5-10,13H,1-4H3/t13-/m0/s1. The van der Waals surface area contributed by atoms with E-state index in [0.29, 0.717) is 11.1 Å².